The Kier molecular flexibility index (Phi) is 9.15. The van der Waals surface area contributed by atoms with Gasteiger partial charge < -0.3 is 24.6 Å². The molecular formula is C27H40N2O7S. The van der Waals surface area contributed by atoms with Gasteiger partial charge in [-0.2, -0.15) is 4.31 Å². The zero-order valence-corrected chi connectivity index (χ0v) is 22.8. The van der Waals surface area contributed by atoms with Crippen molar-refractivity contribution in [2.75, 3.05) is 33.4 Å². The fraction of sp³-hybridized carbons (Fsp3) is 0.667. The second kappa shape index (κ2) is 12.1. The number of nitrogens with zero attached hydrogens (tertiary/aromatic N) is 1. The number of benzene rings is 1. The highest BCUT2D eigenvalue weighted by Gasteiger charge is 2.41. The molecule has 0 radical (unpaired) electrons. The van der Waals surface area contributed by atoms with E-state index >= 15 is 0 Å². The number of hydrogen-bond acceptors (Lipinski definition) is 7. The van der Waals surface area contributed by atoms with Crippen LogP contribution in [0.2, 0.25) is 0 Å². The highest BCUT2D eigenvalue weighted by atomic mass is 32.2. The minimum Gasteiger partial charge on any atom is -0.497 e. The average Bonchev–Trinajstić information content (AvgIpc) is 3.51. The van der Waals surface area contributed by atoms with Crippen LogP contribution in [0.5, 0.6) is 5.75 Å². The Morgan fingerprint density at radius 1 is 1.16 bits per heavy atom. The third-order valence-electron chi connectivity index (χ3n) is 7.91. The van der Waals surface area contributed by atoms with E-state index in [2.05, 4.69) is 19.2 Å². The van der Waals surface area contributed by atoms with Crippen molar-refractivity contribution in [1.82, 2.24) is 9.62 Å². The van der Waals surface area contributed by atoms with E-state index in [0.717, 1.165) is 12.3 Å². The summed E-state index contributed by atoms with van der Waals surface area (Å²) in [6, 6.07) is 6.33. The Labute approximate surface area is 220 Å². The molecule has 1 aliphatic heterocycles. The van der Waals surface area contributed by atoms with Crippen molar-refractivity contribution >= 4 is 15.9 Å². The van der Waals surface area contributed by atoms with Gasteiger partial charge in [-0.1, -0.05) is 20.3 Å². The van der Waals surface area contributed by atoms with Crippen LogP contribution in [0.1, 0.15) is 46.0 Å². The minimum absolute atomic E-state index is 0.0392. The van der Waals surface area contributed by atoms with Gasteiger partial charge in [-0.3, -0.25) is 4.79 Å². The first-order chi connectivity index (χ1) is 17.7. The maximum absolute atomic E-state index is 13.1. The SMILES string of the molecule is COc1ccc(S(=O)(=O)N(CCO)CCO[C@H]2C[C@@H](C(C)C)C=C(C(=O)NC3CC4CCC3C4)O2)cc1. The zero-order chi connectivity index (χ0) is 26.6. The molecule has 1 aromatic rings. The Balaban J connectivity index is 1.36. The van der Waals surface area contributed by atoms with Crippen LogP contribution in [0.15, 0.2) is 41.0 Å². The van der Waals surface area contributed by atoms with E-state index in [1.807, 2.05) is 6.08 Å². The van der Waals surface area contributed by atoms with Gasteiger partial charge in [-0.15, -0.1) is 0 Å². The van der Waals surface area contributed by atoms with Crippen molar-refractivity contribution in [3.8, 4) is 5.75 Å². The summed E-state index contributed by atoms with van der Waals surface area (Å²) >= 11 is 0. The van der Waals surface area contributed by atoms with Gasteiger partial charge in [-0.05, 0) is 73.3 Å². The van der Waals surface area contributed by atoms with Crippen LogP contribution in [0.4, 0.5) is 0 Å². The van der Waals surface area contributed by atoms with Crippen LogP contribution in [0, 0.1) is 23.7 Å². The molecule has 3 aliphatic rings. The normalized spacial score (nSPS) is 27.3. The standard InChI is InChI=1S/C27H40N2O7S/c1-18(2)21-16-25(27(31)28-24-15-19-4-5-20(24)14-19)36-26(17-21)35-13-11-29(10-12-30)37(32,33)23-8-6-22(34-3)7-9-23/h6-9,16,18-21,24,26,30H,4-5,10-15,17H2,1-3H3,(H,28,31)/t19?,20?,21-,24?,26+/m0/s1. The summed E-state index contributed by atoms with van der Waals surface area (Å²) in [6.45, 7) is 3.91. The zero-order valence-electron chi connectivity index (χ0n) is 22.0. The molecule has 0 aromatic heterocycles. The number of allylic oxidation sites excluding steroid dienone is 1. The van der Waals surface area contributed by atoms with Gasteiger partial charge >= 0.3 is 0 Å². The number of carbonyl (C=O) groups is 1. The first kappa shape index (κ1) is 27.9. The van der Waals surface area contributed by atoms with Gasteiger partial charge in [0.2, 0.25) is 16.3 Å². The van der Waals surface area contributed by atoms with Crippen LogP contribution in [-0.4, -0.2) is 69.5 Å². The van der Waals surface area contributed by atoms with Crippen molar-refractivity contribution in [2.24, 2.45) is 23.7 Å². The number of carbonyl (C=O) groups excluding carboxylic acids is 1. The molecule has 4 rings (SSSR count). The van der Waals surface area contributed by atoms with Gasteiger partial charge in [0.25, 0.3) is 5.91 Å². The topological polar surface area (TPSA) is 114 Å². The van der Waals surface area contributed by atoms with Crippen molar-refractivity contribution in [1.29, 1.82) is 0 Å². The molecule has 9 nitrogen and oxygen atoms in total. The Bertz CT molecular complexity index is 1060. The van der Waals surface area contributed by atoms with Crippen molar-refractivity contribution < 1.29 is 32.5 Å². The molecule has 37 heavy (non-hydrogen) atoms. The molecule has 206 valence electrons. The maximum atomic E-state index is 13.1. The molecule has 2 aliphatic carbocycles. The number of rotatable bonds is 12. The van der Waals surface area contributed by atoms with E-state index in [1.54, 1.807) is 12.1 Å². The van der Waals surface area contributed by atoms with E-state index in [0.29, 0.717) is 24.0 Å². The second-order valence-corrected chi connectivity index (χ2v) is 12.6. The Morgan fingerprint density at radius 2 is 1.92 bits per heavy atom. The lowest BCUT2D eigenvalue weighted by Gasteiger charge is -2.32. The average molecular weight is 537 g/mol. The first-order valence-electron chi connectivity index (χ1n) is 13.3. The molecule has 1 heterocycles. The highest BCUT2D eigenvalue weighted by Crippen LogP contribution is 2.44. The monoisotopic (exact) mass is 536 g/mol. The number of nitrogens with one attached hydrogen (secondary N) is 1. The molecule has 2 bridgehead atoms. The highest BCUT2D eigenvalue weighted by molar-refractivity contribution is 7.89. The van der Waals surface area contributed by atoms with Crippen LogP contribution >= 0.6 is 0 Å². The summed E-state index contributed by atoms with van der Waals surface area (Å²) < 4.78 is 44.5. The number of sulfonamides is 1. The van der Waals surface area contributed by atoms with Crippen LogP contribution < -0.4 is 10.1 Å². The summed E-state index contributed by atoms with van der Waals surface area (Å²) in [5.41, 5.74) is 0. The predicted molar refractivity (Wildman–Crippen MR) is 138 cm³/mol. The third-order valence-corrected chi connectivity index (χ3v) is 9.83. The molecule has 2 N–H and O–H groups in total. The van der Waals surface area contributed by atoms with E-state index < -0.39 is 16.3 Å². The van der Waals surface area contributed by atoms with Crippen molar-refractivity contribution in [2.45, 2.75) is 63.2 Å². The summed E-state index contributed by atoms with van der Waals surface area (Å²) in [7, 11) is -2.32. The van der Waals surface area contributed by atoms with Gasteiger partial charge in [-0.25, -0.2) is 8.42 Å². The molecule has 2 saturated carbocycles. The molecule has 2 fully saturated rings. The number of aliphatic hydroxyl groups excluding tert-OH is 1. The molecule has 5 atom stereocenters. The fourth-order valence-corrected chi connectivity index (χ4v) is 7.13. The molecule has 10 heteroatoms. The van der Waals surface area contributed by atoms with Gasteiger partial charge in [0.15, 0.2) is 5.76 Å². The first-order valence-corrected chi connectivity index (χ1v) is 14.7. The molecular weight excluding hydrogens is 496 g/mol. The molecule has 1 amide bonds. The van der Waals surface area contributed by atoms with Gasteiger partial charge in [0.05, 0.1) is 25.2 Å². The van der Waals surface area contributed by atoms with Crippen LogP contribution in [0.3, 0.4) is 0 Å². The van der Waals surface area contributed by atoms with E-state index in [9.17, 15) is 18.3 Å². The molecule has 1 aromatic carbocycles. The fourth-order valence-electron chi connectivity index (χ4n) is 5.72. The summed E-state index contributed by atoms with van der Waals surface area (Å²) in [5.74, 6) is 2.34. The van der Waals surface area contributed by atoms with Crippen molar-refractivity contribution in [3.63, 3.8) is 0 Å². The maximum Gasteiger partial charge on any atom is 0.286 e. The summed E-state index contributed by atoms with van der Waals surface area (Å²) in [6.07, 6.45) is 6.52. The number of methoxy groups -OCH3 is 1. The number of aliphatic hydroxyl groups is 1. The van der Waals surface area contributed by atoms with Crippen LogP contribution in [0.25, 0.3) is 0 Å². The number of hydrogen-bond donors (Lipinski definition) is 2. The third kappa shape index (κ3) is 6.66. The molecule has 0 spiro atoms. The smallest absolute Gasteiger partial charge is 0.286 e. The largest absolute Gasteiger partial charge is 0.497 e. The van der Waals surface area contributed by atoms with Crippen molar-refractivity contribution in [3.05, 3.63) is 36.1 Å². The van der Waals surface area contributed by atoms with Gasteiger partial charge in [0, 0.05) is 25.6 Å². The number of ether oxygens (including phenoxy) is 3. The lowest BCUT2D eigenvalue weighted by molar-refractivity contribution is -0.151. The second-order valence-electron chi connectivity index (χ2n) is 10.7. The minimum atomic E-state index is -3.84. The van der Waals surface area contributed by atoms with E-state index in [1.165, 1.54) is 42.8 Å². The lowest BCUT2D eigenvalue weighted by Crippen LogP contribution is -2.42. The van der Waals surface area contributed by atoms with E-state index in [-0.39, 0.29) is 54.8 Å². The van der Waals surface area contributed by atoms with Crippen LogP contribution in [-0.2, 0) is 24.3 Å². The number of amides is 1. The number of fused-ring (bicyclic) bond motifs is 2. The molecule has 3 unspecified atom stereocenters. The van der Waals surface area contributed by atoms with Gasteiger partial charge in [0.1, 0.15) is 5.75 Å². The van der Waals surface area contributed by atoms with E-state index in [4.69, 9.17) is 14.2 Å². The predicted octanol–water partition coefficient (Wildman–Crippen LogP) is 2.90. The molecule has 0 saturated heterocycles. The lowest BCUT2D eigenvalue weighted by atomic mass is 9.90. The Morgan fingerprint density at radius 3 is 2.51 bits per heavy atom. The Hall–Kier alpha value is -2.14. The quantitative estimate of drug-likeness (QED) is 0.422. The summed E-state index contributed by atoms with van der Waals surface area (Å²) in [4.78, 5) is 13.2. The summed E-state index contributed by atoms with van der Waals surface area (Å²) in [5, 5.41) is 12.7.